The molecule has 158 valence electrons. The zero-order chi connectivity index (χ0) is 21.2. The van der Waals surface area contributed by atoms with Crippen LogP contribution in [0.2, 0.25) is 0 Å². The Bertz CT molecular complexity index is 940. The van der Waals surface area contributed by atoms with Gasteiger partial charge in [-0.2, -0.15) is 5.26 Å². The predicted octanol–water partition coefficient (Wildman–Crippen LogP) is 1.90. The van der Waals surface area contributed by atoms with Gasteiger partial charge in [0.1, 0.15) is 11.1 Å². The van der Waals surface area contributed by atoms with Gasteiger partial charge in [-0.15, -0.1) is 11.3 Å². The van der Waals surface area contributed by atoms with Crippen molar-refractivity contribution in [2.24, 2.45) is 11.8 Å². The first-order chi connectivity index (χ1) is 13.7. The number of sulfonamides is 1. The summed E-state index contributed by atoms with van der Waals surface area (Å²) in [6.45, 7) is 2.30. The maximum atomic E-state index is 12.2. The highest BCUT2D eigenvalue weighted by Crippen LogP contribution is 2.39. The minimum Gasteiger partial charge on any atom is -0.455 e. The lowest BCUT2D eigenvalue weighted by Gasteiger charge is -2.28. The monoisotopic (exact) mass is 439 g/mol. The number of nitriles is 1. The van der Waals surface area contributed by atoms with E-state index in [9.17, 15) is 23.3 Å². The summed E-state index contributed by atoms with van der Waals surface area (Å²) in [5, 5.41) is 12.7. The molecule has 3 rings (SSSR count). The van der Waals surface area contributed by atoms with Gasteiger partial charge in [-0.3, -0.25) is 9.59 Å². The Morgan fingerprint density at radius 1 is 1.31 bits per heavy atom. The molecule has 1 aliphatic heterocycles. The van der Waals surface area contributed by atoms with Crippen LogP contribution in [0.1, 0.15) is 42.2 Å². The number of anilines is 1. The molecular weight excluding hydrogens is 414 g/mol. The summed E-state index contributed by atoms with van der Waals surface area (Å²) in [5.74, 6) is -0.819. The van der Waals surface area contributed by atoms with E-state index in [2.05, 4.69) is 18.3 Å². The van der Waals surface area contributed by atoms with Gasteiger partial charge in [0.15, 0.2) is 6.61 Å². The summed E-state index contributed by atoms with van der Waals surface area (Å²) in [6.07, 6.45) is 4.68. The molecule has 0 saturated carbocycles. The first kappa shape index (κ1) is 21.7. The van der Waals surface area contributed by atoms with Crippen molar-refractivity contribution in [1.82, 2.24) is 4.31 Å². The van der Waals surface area contributed by atoms with Crippen LogP contribution in [0.3, 0.4) is 0 Å². The van der Waals surface area contributed by atoms with E-state index in [0.717, 1.165) is 36.0 Å². The minimum atomic E-state index is -3.26. The van der Waals surface area contributed by atoms with Crippen molar-refractivity contribution in [3.8, 4) is 6.07 Å². The Morgan fingerprint density at radius 2 is 2.00 bits per heavy atom. The lowest BCUT2D eigenvalue weighted by atomic mass is 9.89. The molecule has 1 aliphatic carbocycles. The third kappa shape index (κ3) is 5.15. The van der Waals surface area contributed by atoms with Crippen LogP contribution in [0.5, 0.6) is 0 Å². The Labute approximate surface area is 174 Å². The van der Waals surface area contributed by atoms with E-state index in [1.54, 1.807) is 0 Å². The van der Waals surface area contributed by atoms with Crippen molar-refractivity contribution in [3.63, 3.8) is 0 Å². The zero-order valence-corrected chi connectivity index (χ0v) is 18.2. The van der Waals surface area contributed by atoms with Crippen LogP contribution >= 0.6 is 11.3 Å². The van der Waals surface area contributed by atoms with E-state index in [-0.39, 0.29) is 13.1 Å². The van der Waals surface area contributed by atoms with Gasteiger partial charge in [0.2, 0.25) is 10.0 Å². The molecule has 8 nitrogen and oxygen atoms in total. The molecule has 1 fully saturated rings. The van der Waals surface area contributed by atoms with Gasteiger partial charge < -0.3 is 10.1 Å². The molecule has 0 radical (unpaired) electrons. The van der Waals surface area contributed by atoms with Gasteiger partial charge in [-0.1, -0.05) is 6.92 Å². The number of hydrogen-bond acceptors (Lipinski definition) is 7. The number of ether oxygens (including phenoxy) is 1. The fourth-order valence-electron chi connectivity index (χ4n) is 3.80. The van der Waals surface area contributed by atoms with Crippen molar-refractivity contribution < 1.29 is 22.7 Å². The van der Waals surface area contributed by atoms with Crippen LogP contribution in [-0.2, 0) is 37.2 Å². The highest BCUT2D eigenvalue weighted by molar-refractivity contribution is 7.88. The summed E-state index contributed by atoms with van der Waals surface area (Å²) in [4.78, 5) is 25.6. The number of piperidine rings is 1. The lowest BCUT2D eigenvalue weighted by Crippen LogP contribution is -2.40. The standard InChI is InChI=1S/C19H25N3O5S2/c1-12-3-4-14-15(10-20)18(28-16(14)9-12)21-17(23)11-27-19(24)13-5-7-22(8-6-13)29(2,25)26/h12-13H,3-9,11H2,1-2H3,(H,21,23). The number of esters is 1. The maximum Gasteiger partial charge on any atom is 0.309 e. The first-order valence-corrected chi connectivity index (χ1v) is 12.3. The van der Waals surface area contributed by atoms with Crippen LogP contribution in [-0.4, -0.2) is 50.6 Å². The maximum absolute atomic E-state index is 12.2. The largest absolute Gasteiger partial charge is 0.455 e. The third-order valence-corrected chi connectivity index (χ3v) is 7.95. The molecular formula is C19H25N3O5S2. The summed E-state index contributed by atoms with van der Waals surface area (Å²) in [7, 11) is -3.26. The second-order valence-electron chi connectivity index (χ2n) is 7.76. The second-order valence-corrected chi connectivity index (χ2v) is 10.8. The molecule has 1 atom stereocenters. The molecule has 1 aromatic heterocycles. The molecule has 1 aromatic rings. The second kappa shape index (κ2) is 8.81. The SMILES string of the molecule is CC1CCc2c(sc(NC(=O)COC(=O)C3CCN(S(C)(=O)=O)CC3)c2C#N)C1. The molecule has 2 aliphatic rings. The Balaban J connectivity index is 1.52. The number of fused-ring (bicyclic) bond motifs is 1. The van der Waals surface area contributed by atoms with Crippen molar-refractivity contribution >= 4 is 38.2 Å². The lowest BCUT2D eigenvalue weighted by molar-refractivity contribution is -0.152. The molecule has 1 amide bonds. The number of thiophene rings is 1. The number of nitrogens with one attached hydrogen (secondary N) is 1. The van der Waals surface area contributed by atoms with E-state index in [1.807, 2.05) is 0 Å². The molecule has 0 bridgehead atoms. The Hall–Kier alpha value is -1.96. The van der Waals surface area contributed by atoms with Gasteiger partial charge in [0, 0.05) is 18.0 Å². The normalized spacial score (nSPS) is 20.5. The quantitative estimate of drug-likeness (QED) is 0.701. The molecule has 0 aromatic carbocycles. The van der Waals surface area contributed by atoms with Crippen LogP contribution < -0.4 is 5.32 Å². The van der Waals surface area contributed by atoms with E-state index in [0.29, 0.717) is 29.3 Å². The van der Waals surface area contributed by atoms with Gasteiger partial charge in [-0.05, 0) is 43.6 Å². The number of carbonyl (C=O) groups is 2. The number of hydrogen-bond donors (Lipinski definition) is 1. The van der Waals surface area contributed by atoms with Crippen molar-refractivity contribution in [2.75, 3.05) is 31.3 Å². The highest BCUT2D eigenvalue weighted by Gasteiger charge is 2.30. The highest BCUT2D eigenvalue weighted by atomic mass is 32.2. The molecule has 10 heteroatoms. The number of carbonyl (C=O) groups excluding carboxylic acids is 2. The fraction of sp³-hybridized carbons (Fsp3) is 0.632. The Kier molecular flexibility index (Phi) is 6.61. The number of nitrogens with zero attached hydrogens (tertiary/aromatic N) is 2. The van der Waals surface area contributed by atoms with E-state index < -0.39 is 34.4 Å². The topological polar surface area (TPSA) is 117 Å². The fourth-order valence-corrected chi connectivity index (χ4v) is 6.05. The van der Waals surface area contributed by atoms with E-state index in [4.69, 9.17) is 4.74 Å². The van der Waals surface area contributed by atoms with Gasteiger partial charge in [0.25, 0.3) is 5.91 Å². The predicted molar refractivity (Wildman–Crippen MR) is 109 cm³/mol. The van der Waals surface area contributed by atoms with Gasteiger partial charge in [0.05, 0.1) is 17.7 Å². The number of amides is 1. The summed E-state index contributed by atoms with van der Waals surface area (Å²) in [6, 6.07) is 2.19. The molecule has 1 saturated heterocycles. The average molecular weight is 440 g/mol. The molecule has 29 heavy (non-hydrogen) atoms. The van der Waals surface area contributed by atoms with Crippen molar-refractivity contribution in [1.29, 1.82) is 5.26 Å². The first-order valence-electron chi connectivity index (χ1n) is 9.65. The minimum absolute atomic E-state index is 0.273. The van der Waals surface area contributed by atoms with Crippen LogP contribution in [0.4, 0.5) is 5.00 Å². The van der Waals surface area contributed by atoms with Crippen molar-refractivity contribution in [2.45, 2.75) is 39.0 Å². The molecule has 1 unspecified atom stereocenters. The number of rotatable bonds is 5. The average Bonchev–Trinajstić information content (AvgIpc) is 3.01. The summed E-state index contributed by atoms with van der Waals surface area (Å²) < 4.78 is 29.5. The zero-order valence-electron chi connectivity index (χ0n) is 16.6. The molecule has 1 N–H and O–H groups in total. The van der Waals surface area contributed by atoms with Crippen LogP contribution in [0, 0.1) is 23.2 Å². The molecule has 2 heterocycles. The molecule has 0 spiro atoms. The van der Waals surface area contributed by atoms with Gasteiger partial charge in [-0.25, -0.2) is 12.7 Å². The summed E-state index contributed by atoms with van der Waals surface area (Å²) >= 11 is 1.43. The smallest absolute Gasteiger partial charge is 0.309 e. The van der Waals surface area contributed by atoms with E-state index in [1.165, 1.54) is 15.6 Å². The van der Waals surface area contributed by atoms with Gasteiger partial charge >= 0.3 is 5.97 Å². The van der Waals surface area contributed by atoms with Crippen molar-refractivity contribution in [3.05, 3.63) is 16.0 Å². The van der Waals surface area contributed by atoms with Crippen LogP contribution in [0.25, 0.3) is 0 Å². The van der Waals surface area contributed by atoms with E-state index >= 15 is 0 Å². The Morgan fingerprint density at radius 3 is 2.62 bits per heavy atom. The summed E-state index contributed by atoms with van der Waals surface area (Å²) in [5.41, 5.74) is 1.55. The third-order valence-electron chi connectivity index (χ3n) is 5.48. The van der Waals surface area contributed by atoms with Crippen LogP contribution in [0.15, 0.2) is 0 Å².